The quantitative estimate of drug-likeness (QED) is 0.505. The molecule has 0 aromatic carbocycles. The van der Waals surface area contributed by atoms with Gasteiger partial charge in [0.25, 0.3) is 0 Å². The largest absolute Gasteiger partial charge is 2.00 e. The third-order valence-electron chi connectivity index (χ3n) is 2.68. The second-order valence-electron chi connectivity index (χ2n) is 3.66. The monoisotopic (exact) mass is 313 g/mol. The third kappa shape index (κ3) is 10.4. The number of hydrogen-bond donors (Lipinski definition) is 0. The molecule has 0 saturated carbocycles. The molecule has 17 heavy (non-hydrogen) atoms. The van der Waals surface area contributed by atoms with Crippen LogP contribution in [-0.4, -0.2) is 13.1 Å². The van der Waals surface area contributed by atoms with E-state index in [0.717, 1.165) is 13.1 Å². The van der Waals surface area contributed by atoms with Crippen molar-refractivity contribution in [2.75, 3.05) is 13.1 Å². The Balaban J connectivity index is -0.0000000948. The molecule has 1 atom stereocenters. The van der Waals surface area contributed by atoms with Crippen LogP contribution in [0.5, 0.6) is 0 Å². The van der Waals surface area contributed by atoms with Crippen molar-refractivity contribution in [3.63, 3.8) is 0 Å². The molecule has 1 nitrogen and oxygen atoms in total. The first-order valence-corrected chi connectivity index (χ1v) is 5.45. The minimum atomic E-state index is 0. The minimum absolute atomic E-state index is 0. The first-order valence-electron chi connectivity index (χ1n) is 5.45. The molecule has 0 heterocycles. The predicted molar refractivity (Wildman–Crippen MR) is 78.9 cm³/mol. The molecule has 0 spiro atoms. The minimum Gasteiger partial charge on any atom is -0.663 e. The second kappa shape index (κ2) is 14.8. The second-order valence-corrected chi connectivity index (χ2v) is 3.66. The van der Waals surface area contributed by atoms with Gasteiger partial charge < -0.3 is 5.32 Å². The fraction of sp³-hybridized carbons (Fsp3) is 0.692. The van der Waals surface area contributed by atoms with Gasteiger partial charge in [-0.3, -0.25) is 6.08 Å². The van der Waals surface area contributed by atoms with Gasteiger partial charge in [-0.1, -0.05) is 40.5 Å². The molecule has 0 bridgehead atoms. The van der Waals surface area contributed by atoms with Crippen molar-refractivity contribution in [1.82, 2.24) is 0 Å². The molecular weight excluding hydrogens is 289 g/mol. The Morgan fingerprint density at radius 2 is 1.47 bits per heavy atom. The van der Waals surface area contributed by atoms with Gasteiger partial charge in [0.05, 0.1) is 0 Å². The van der Waals surface area contributed by atoms with E-state index in [1.165, 1.54) is 16.7 Å². The first kappa shape index (κ1) is 26.3. The van der Waals surface area contributed by atoms with Crippen LogP contribution in [0.25, 0.3) is 5.32 Å². The van der Waals surface area contributed by atoms with Gasteiger partial charge in [-0.15, -0.1) is 31.7 Å². The van der Waals surface area contributed by atoms with Crippen LogP contribution in [-0.2, 0) is 21.7 Å². The zero-order valence-electron chi connectivity index (χ0n) is 11.8. The molecule has 1 unspecified atom stereocenters. The smallest absolute Gasteiger partial charge is 0.663 e. The fourth-order valence-electron chi connectivity index (χ4n) is 1.39. The van der Waals surface area contributed by atoms with Crippen molar-refractivity contribution in [3.05, 3.63) is 28.1 Å². The SMILES string of the molecule is CC1=[C-]C(C)C(C)=C1C.CC[N-]CC.Cl.Cl.[Ti+2]. The van der Waals surface area contributed by atoms with Gasteiger partial charge in [0.2, 0.25) is 0 Å². The van der Waals surface area contributed by atoms with Crippen LogP contribution >= 0.6 is 24.8 Å². The van der Waals surface area contributed by atoms with E-state index in [9.17, 15) is 0 Å². The van der Waals surface area contributed by atoms with E-state index in [-0.39, 0.29) is 46.5 Å². The van der Waals surface area contributed by atoms with Crippen molar-refractivity contribution >= 4 is 24.8 Å². The van der Waals surface area contributed by atoms with Gasteiger partial charge in [0.1, 0.15) is 0 Å². The Labute approximate surface area is 135 Å². The average molecular weight is 314 g/mol. The molecule has 1 aliphatic carbocycles. The summed E-state index contributed by atoms with van der Waals surface area (Å²) in [6.45, 7) is 14.7. The summed E-state index contributed by atoms with van der Waals surface area (Å²) in [5.74, 6) is 0.560. The number of allylic oxidation sites excluding steroid dienone is 4. The van der Waals surface area contributed by atoms with Crippen LogP contribution in [0.4, 0.5) is 0 Å². The van der Waals surface area contributed by atoms with Crippen molar-refractivity contribution < 1.29 is 21.7 Å². The molecule has 0 aromatic heterocycles. The maximum absolute atomic E-state index is 3.97. The van der Waals surface area contributed by atoms with Gasteiger partial charge in [-0.25, -0.2) is 5.57 Å². The third-order valence-corrected chi connectivity index (χ3v) is 2.68. The predicted octanol–water partition coefficient (Wildman–Crippen LogP) is 4.96. The van der Waals surface area contributed by atoms with Crippen molar-refractivity contribution in [1.29, 1.82) is 0 Å². The zero-order valence-corrected chi connectivity index (χ0v) is 14.9. The molecule has 100 valence electrons. The summed E-state index contributed by atoms with van der Waals surface area (Å²) < 4.78 is 0. The van der Waals surface area contributed by atoms with E-state index in [0.29, 0.717) is 5.92 Å². The van der Waals surface area contributed by atoms with Gasteiger partial charge in [0.15, 0.2) is 0 Å². The molecule has 0 amide bonds. The molecule has 4 heteroatoms. The summed E-state index contributed by atoms with van der Waals surface area (Å²) in [7, 11) is 0. The van der Waals surface area contributed by atoms with Crippen molar-refractivity contribution in [3.8, 4) is 0 Å². The van der Waals surface area contributed by atoms with Crippen LogP contribution in [0.2, 0.25) is 0 Å². The normalized spacial score (nSPS) is 16.8. The summed E-state index contributed by atoms with van der Waals surface area (Å²) in [4.78, 5) is 0. The van der Waals surface area contributed by atoms with Crippen LogP contribution < -0.4 is 0 Å². The van der Waals surface area contributed by atoms with Gasteiger partial charge in [0, 0.05) is 0 Å². The number of halogens is 2. The summed E-state index contributed by atoms with van der Waals surface area (Å²) in [6, 6.07) is 0. The first-order chi connectivity index (χ1) is 6.54. The number of hydrogen-bond acceptors (Lipinski definition) is 0. The molecule has 0 saturated heterocycles. The molecule has 1 aliphatic rings. The number of nitrogens with zero attached hydrogens (tertiary/aromatic N) is 1. The van der Waals surface area contributed by atoms with Crippen LogP contribution in [0.15, 0.2) is 16.7 Å². The van der Waals surface area contributed by atoms with Crippen LogP contribution in [0.1, 0.15) is 41.5 Å². The molecule has 0 aromatic rings. The molecular formula is C13H25Cl2NTi. The number of rotatable bonds is 2. The Kier molecular flexibility index (Phi) is 22.9. The Hall–Kier alpha value is 0.734. The van der Waals surface area contributed by atoms with E-state index < -0.39 is 0 Å². The van der Waals surface area contributed by atoms with Crippen molar-refractivity contribution in [2.24, 2.45) is 5.92 Å². The maximum atomic E-state index is 3.97. The van der Waals surface area contributed by atoms with Gasteiger partial charge in [-0.2, -0.15) is 24.2 Å². The molecule has 0 N–H and O–H groups in total. The van der Waals surface area contributed by atoms with E-state index >= 15 is 0 Å². The average Bonchev–Trinajstić information content (AvgIpc) is 2.36. The van der Waals surface area contributed by atoms with Crippen molar-refractivity contribution in [2.45, 2.75) is 41.5 Å². The van der Waals surface area contributed by atoms with Crippen LogP contribution in [0, 0.1) is 12.0 Å². The Morgan fingerprint density at radius 1 is 1.06 bits per heavy atom. The maximum Gasteiger partial charge on any atom is 2.00 e. The van der Waals surface area contributed by atoms with Crippen LogP contribution in [0.3, 0.4) is 0 Å². The molecule has 0 radical (unpaired) electrons. The summed E-state index contributed by atoms with van der Waals surface area (Å²) in [6.07, 6.45) is 3.36. The van der Waals surface area contributed by atoms with Gasteiger partial charge in [-0.05, 0) is 0 Å². The van der Waals surface area contributed by atoms with Gasteiger partial charge >= 0.3 is 21.7 Å². The summed E-state index contributed by atoms with van der Waals surface area (Å²) >= 11 is 0. The summed E-state index contributed by atoms with van der Waals surface area (Å²) in [5, 5.41) is 3.97. The topological polar surface area (TPSA) is 14.1 Å². The Morgan fingerprint density at radius 3 is 1.53 bits per heavy atom. The van der Waals surface area contributed by atoms with E-state index in [2.05, 4.69) is 39.1 Å². The standard InChI is InChI=1S/C9H13.C4H10N.2ClH.Ti/c1-6-5-7(2)9(4)8(6)3;1-3-5-4-2;;;/h6H,1-4H3;3-4H2,1-2H3;2*1H;/q2*-1;;;+2. The fourth-order valence-corrected chi connectivity index (χ4v) is 1.39. The zero-order chi connectivity index (χ0) is 11.1. The molecule has 0 aliphatic heterocycles. The molecule has 1 rings (SSSR count). The van der Waals surface area contributed by atoms with E-state index in [1.54, 1.807) is 0 Å². The van der Waals surface area contributed by atoms with E-state index in [4.69, 9.17) is 0 Å². The summed E-state index contributed by atoms with van der Waals surface area (Å²) in [5.41, 5.74) is 4.25. The Bertz CT molecular complexity index is 236. The molecule has 0 fully saturated rings. The van der Waals surface area contributed by atoms with E-state index in [1.807, 2.05) is 13.8 Å².